The van der Waals surface area contributed by atoms with E-state index >= 15 is 0 Å². The quantitative estimate of drug-likeness (QED) is 0.633. The minimum atomic E-state index is -1.24. The molecule has 1 amide bonds. The number of carbonyl (C=O) groups is 1. The van der Waals surface area contributed by atoms with Crippen LogP contribution in [0.1, 0.15) is 22.9 Å². The molecule has 128 valence electrons. The maximum Gasteiger partial charge on any atom is 0.407 e. The van der Waals surface area contributed by atoms with E-state index in [9.17, 15) is 15.0 Å². The Balaban J connectivity index is 1.80. The SMILES string of the molecule is Cc1cc(C(O)C(O)CNC(=O)OCc2ccccc2)ncc1N. The van der Waals surface area contributed by atoms with Gasteiger partial charge >= 0.3 is 6.09 Å². The summed E-state index contributed by atoms with van der Waals surface area (Å²) in [5, 5.41) is 22.5. The lowest BCUT2D eigenvalue weighted by Gasteiger charge is -2.18. The average molecular weight is 331 g/mol. The van der Waals surface area contributed by atoms with Crippen LogP contribution in [0.25, 0.3) is 0 Å². The highest BCUT2D eigenvalue weighted by atomic mass is 16.5. The first-order valence-electron chi connectivity index (χ1n) is 7.50. The largest absolute Gasteiger partial charge is 0.445 e. The molecule has 24 heavy (non-hydrogen) atoms. The third kappa shape index (κ3) is 4.94. The van der Waals surface area contributed by atoms with E-state index in [-0.39, 0.29) is 18.8 Å². The number of aliphatic hydroxyl groups is 2. The minimum absolute atomic E-state index is 0.129. The number of ether oxygens (including phenoxy) is 1. The fourth-order valence-electron chi connectivity index (χ4n) is 2.02. The van der Waals surface area contributed by atoms with E-state index in [0.717, 1.165) is 11.1 Å². The number of pyridine rings is 1. The number of alkyl carbamates (subject to hydrolysis) is 1. The van der Waals surface area contributed by atoms with Crippen LogP contribution >= 0.6 is 0 Å². The second kappa shape index (κ2) is 8.28. The molecule has 0 aliphatic carbocycles. The van der Waals surface area contributed by atoms with Crippen molar-refractivity contribution in [2.75, 3.05) is 12.3 Å². The molecule has 2 unspecified atom stereocenters. The Labute approximate surface area is 140 Å². The summed E-state index contributed by atoms with van der Waals surface area (Å²) in [5.41, 5.74) is 8.06. The van der Waals surface area contributed by atoms with Gasteiger partial charge in [-0.25, -0.2) is 4.79 Å². The Morgan fingerprint density at radius 1 is 1.33 bits per heavy atom. The molecule has 0 saturated heterocycles. The number of nitrogens with two attached hydrogens (primary N) is 1. The zero-order chi connectivity index (χ0) is 17.5. The van der Waals surface area contributed by atoms with Crippen LogP contribution < -0.4 is 11.1 Å². The number of nitrogen functional groups attached to an aromatic ring is 1. The number of anilines is 1. The van der Waals surface area contributed by atoms with Gasteiger partial charge in [-0.3, -0.25) is 4.98 Å². The monoisotopic (exact) mass is 331 g/mol. The summed E-state index contributed by atoms with van der Waals surface area (Å²) in [7, 11) is 0. The molecule has 2 rings (SSSR count). The molecule has 0 fully saturated rings. The second-order valence-electron chi connectivity index (χ2n) is 5.42. The number of rotatable bonds is 6. The molecule has 7 nitrogen and oxygen atoms in total. The molecule has 0 bridgehead atoms. The van der Waals surface area contributed by atoms with Crippen molar-refractivity contribution in [2.45, 2.75) is 25.7 Å². The Kier molecular flexibility index (Phi) is 6.11. The molecule has 5 N–H and O–H groups in total. The highest BCUT2D eigenvalue weighted by molar-refractivity contribution is 5.67. The summed E-state index contributed by atoms with van der Waals surface area (Å²) in [6.45, 7) is 1.74. The van der Waals surface area contributed by atoms with Crippen molar-refractivity contribution in [3.8, 4) is 0 Å². The normalized spacial score (nSPS) is 13.1. The molecule has 0 aliphatic heterocycles. The molecule has 0 saturated carbocycles. The van der Waals surface area contributed by atoms with Gasteiger partial charge in [-0.2, -0.15) is 0 Å². The summed E-state index contributed by atoms with van der Waals surface area (Å²) in [6.07, 6.45) is -1.71. The number of aromatic nitrogens is 1. The highest BCUT2D eigenvalue weighted by Crippen LogP contribution is 2.18. The summed E-state index contributed by atoms with van der Waals surface area (Å²) in [4.78, 5) is 15.6. The molecule has 1 heterocycles. The maximum absolute atomic E-state index is 11.6. The Morgan fingerprint density at radius 2 is 2.04 bits per heavy atom. The number of hydrogen-bond acceptors (Lipinski definition) is 6. The van der Waals surface area contributed by atoms with Gasteiger partial charge in [0.2, 0.25) is 0 Å². The predicted octanol–water partition coefficient (Wildman–Crippen LogP) is 1.29. The highest BCUT2D eigenvalue weighted by Gasteiger charge is 2.21. The molecule has 0 aliphatic rings. The summed E-state index contributed by atoms with van der Waals surface area (Å²) < 4.78 is 5.02. The topological polar surface area (TPSA) is 118 Å². The minimum Gasteiger partial charge on any atom is -0.445 e. The van der Waals surface area contributed by atoms with E-state index in [1.807, 2.05) is 30.3 Å². The van der Waals surface area contributed by atoms with Crippen LogP contribution in [-0.4, -0.2) is 33.9 Å². The van der Waals surface area contributed by atoms with Crippen molar-refractivity contribution in [3.63, 3.8) is 0 Å². The molecule has 7 heteroatoms. The van der Waals surface area contributed by atoms with Crippen LogP contribution in [0.5, 0.6) is 0 Å². The van der Waals surface area contributed by atoms with E-state index < -0.39 is 18.3 Å². The Hall–Kier alpha value is -2.64. The average Bonchev–Trinajstić information content (AvgIpc) is 2.60. The second-order valence-corrected chi connectivity index (χ2v) is 5.42. The zero-order valence-electron chi connectivity index (χ0n) is 13.3. The first-order chi connectivity index (χ1) is 11.5. The number of aryl methyl sites for hydroxylation is 1. The van der Waals surface area contributed by atoms with Crippen LogP contribution in [0.3, 0.4) is 0 Å². The van der Waals surface area contributed by atoms with Gasteiger partial charge < -0.3 is 26.0 Å². The molecule has 1 aromatic carbocycles. The molecule has 1 aromatic heterocycles. The zero-order valence-corrected chi connectivity index (χ0v) is 13.3. The number of hydrogen-bond donors (Lipinski definition) is 4. The molecule has 0 spiro atoms. The smallest absolute Gasteiger partial charge is 0.407 e. The summed E-state index contributed by atoms with van der Waals surface area (Å²) >= 11 is 0. The molecular formula is C17H21N3O4. The number of nitrogens with one attached hydrogen (secondary N) is 1. The lowest BCUT2D eigenvalue weighted by molar-refractivity contribution is 0.0159. The van der Waals surface area contributed by atoms with Gasteiger partial charge in [-0.1, -0.05) is 30.3 Å². The third-order valence-electron chi connectivity index (χ3n) is 3.51. The molecule has 0 radical (unpaired) electrons. The Morgan fingerprint density at radius 3 is 2.71 bits per heavy atom. The lowest BCUT2D eigenvalue weighted by atomic mass is 10.1. The standard InChI is InChI=1S/C17H21N3O4/c1-11-7-14(19-8-13(11)18)16(22)15(21)9-20-17(23)24-10-12-5-3-2-4-6-12/h2-8,15-16,21-22H,9-10,18H2,1H3,(H,20,23). The number of benzene rings is 1. The number of nitrogens with zero attached hydrogens (tertiary/aromatic N) is 1. The fourth-order valence-corrected chi connectivity index (χ4v) is 2.02. The van der Waals surface area contributed by atoms with Gasteiger partial charge in [-0.05, 0) is 24.1 Å². The number of carbonyl (C=O) groups excluding carboxylic acids is 1. The maximum atomic E-state index is 11.6. The van der Waals surface area contributed by atoms with Gasteiger partial charge in [0.25, 0.3) is 0 Å². The summed E-state index contributed by atoms with van der Waals surface area (Å²) in [5.74, 6) is 0. The van der Waals surface area contributed by atoms with Crippen molar-refractivity contribution in [2.24, 2.45) is 0 Å². The fraction of sp³-hybridized carbons (Fsp3) is 0.294. The van der Waals surface area contributed by atoms with E-state index in [4.69, 9.17) is 10.5 Å². The lowest BCUT2D eigenvalue weighted by Crippen LogP contribution is -2.36. The molecule has 2 aromatic rings. The molecule has 2 atom stereocenters. The first-order valence-corrected chi connectivity index (χ1v) is 7.50. The van der Waals surface area contributed by atoms with Gasteiger partial charge in [0, 0.05) is 6.54 Å². The van der Waals surface area contributed by atoms with Crippen molar-refractivity contribution < 1.29 is 19.7 Å². The van der Waals surface area contributed by atoms with Gasteiger partial charge in [0.15, 0.2) is 0 Å². The molecular weight excluding hydrogens is 310 g/mol. The number of aliphatic hydroxyl groups excluding tert-OH is 2. The van der Waals surface area contributed by atoms with Crippen molar-refractivity contribution >= 4 is 11.8 Å². The number of amides is 1. The summed E-state index contributed by atoms with van der Waals surface area (Å²) in [6, 6.07) is 10.8. The van der Waals surface area contributed by atoms with Crippen LogP contribution in [0.2, 0.25) is 0 Å². The van der Waals surface area contributed by atoms with Crippen LogP contribution in [0.15, 0.2) is 42.6 Å². The third-order valence-corrected chi connectivity index (χ3v) is 3.51. The van der Waals surface area contributed by atoms with Crippen molar-refractivity contribution in [1.82, 2.24) is 10.3 Å². The predicted molar refractivity (Wildman–Crippen MR) is 89.0 cm³/mol. The van der Waals surface area contributed by atoms with Crippen molar-refractivity contribution in [3.05, 3.63) is 59.4 Å². The van der Waals surface area contributed by atoms with Gasteiger partial charge in [-0.15, -0.1) is 0 Å². The van der Waals surface area contributed by atoms with E-state index in [0.29, 0.717) is 5.69 Å². The van der Waals surface area contributed by atoms with E-state index in [2.05, 4.69) is 10.3 Å². The van der Waals surface area contributed by atoms with Crippen molar-refractivity contribution in [1.29, 1.82) is 0 Å². The van der Waals surface area contributed by atoms with Gasteiger partial charge in [0.1, 0.15) is 18.8 Å². The van der Waals surface area contributed by atoms with Gasteiger partial charge in [0.05, 0.1) is 17.6 Å². The van der Waals surface area contributed by atoms with Crippen LogP contribution in [-0.2, 0) is 11.3 Å². The van der Waals surface area contributed by atoms with E-state index in [1.165, 1.54) is 6.20 Å². The van der Waals surface area contributed by atoms with Crippen LogP contribution in [0.4, 0.5) is 10.5 Å². The van der Waals surface area contributed by atoms with E-state index in [1.54, 1.807) is 13.0 Å². The Bertz CT molecular complexity index is 679. The van der Waals surface area contributed by atoms with Crippen LogP contribution in [0, 0.1) is 6.92 Å². The first kappa shape index (κ1) is 17.7.